The normalized spacial score (nSPS) is 24.6. The number of aliphatic carboxylic acids is 1. The van der Waals surface area contributed by atoms with E-state index in [1.807, 2.05) is 0 Å². The van der Waals surface area contributed by atoms with Gasteiger partial charge in [-0.2, -0.15) is 30.6 Å². The molecule has 1 heterocycles. The maximum atomic E-state index is 12.7. The molecule has 2 rings (SSSR count). The first-order valence-electron chi connectivity index (χ1n) is 6.16. The van der Waals surface area contributed by atoms with E-state index in [2.05, 4.69) is 0 Å². The zero-order chi connectivity index (χ0) is 15.2. The summed E-state index contributed by atoms with van der Waals surface area (Å²) in [5, 5.41) is 8.80. The number of piperidine rings is 1. The Labute approximate surface area is 114 Å². The zero-order valence-corrected chi connectivity index (χ0v) is 11.3. The van der Waals surface area contributed by atoms with Crippen molar-refractivity contribution in [2.75, 3.05) is 13.1 Å². The molecule has 2 fully saturated rings. The highest BCUT2D eigenvalue weighted by molar-refractivity contribution is 7.87. The highest BCUT2D eigenvalue weighted by Crippen LogP contribution is 2.49. The summed E-state index contributed by atoms with van der Waals surface area (Å²) < 4.78 is 64.7. The largest absolute Gasteiger partial charge is 0.481 e. The van der Waals surface area contributed by atoms with Crippen LogP contribution >= 0.6 is 0 Å². The van der Waals surface area contributed by atoms with Gasteiger partial charge in [0.15, 0.2) is 0 Å². The van der Waals surface area contributed by atoms with Crippen LogP contribution in [-0.2, 0) is 15.0 Å². The molecular weight excluding hydrogens is 301 g/mol. The van der Waals surface area contributed by atoms with Crippen molar-refractivity contribution in [3.63, 3.8) is 0 Å². The van der Waals surface area contributed by atoms with Crippen molar-refractivity contribution in [3.8, 4) is 0 Å². The monoisotopic (exact) mass is 316 g/mol. The van der Waals surface area contributed by atoms with Crippen LogP contribution in [0.3, 0.4) is 0 Å². The van der Waals surface area contributed by atoms with Gasteiger partial charge in [-0.25, -0.2) is 0 Å². The topological polar surface area (TPSA) is 86.7 Å². The van der Waals surface area contributed by atoms with Crippen molar-refractivity contribution in [3.05, 3.63) is 0 Å². The number of carboxylic acids is 1. The first-order chi connectivity index (χ1) is 9.07. The SMILES string of the molecule is O=C(O)C1CCN(S(=O)(=O)NC2(C(F)(F)F)CC2)CC1. The molecule has 0 aromatic heterocycles. The molecule has 0 aromatic rings. The van der Waals surface area contributed by atoms with Gasteiger partial charge >= 0.3 is 12.1 Å². The number of carbonyl (C=O) groups is 1. The summed E-state index contributed by atoms with van der Waals surface area (Å²) in [6, 6.07) is 0. The molecule has 0 amide bonds. The van der Waals surface area contributed by atoms with Gasteiger partial charge in [-0.1, -0.05) is 0 Å². The number of hydrogen-bond acceptors (Lipinski definition) is 3. The van der Waals surface area contributed by atoms with Crippen molar-refractivity contribution in [2.45, 2.75) is 37.4 Å². The lowest BCUT2D eigenvalue weighted by Crippen LogP contribution is -2.54. The molecular formula is C10H15F3N2O4S. The summed E-state index contributed by atoms with van der Waals surface area (Å²) in [4.78, 5) is 10.7. The van der Waals surface area contributed by atoms with E-state index in [0.29, 0.717) is 0 Å². The van der Waals surface area contributed by atoms with E-state index >= 15 is 0 Å². The third-order valence-electron chi connectivity index (χ3n) is 3.76. The van der Waals surface area contributed by atoms with Gasteiger partial charge in [0.05, 0.1) is 5.92 Å². The minimum absolute atomic E-state index is 0.0831. The third kappa shape index (κ3) is 2.91. The van der Waals surface area contributed by atoms with E-state index < -0.39 is 33.8 Å². The smallest absolute Gasteiger partial charge is 0.407 e. The fraction of sp³-hybridized carbons (Fsp3) is 0.900. The predicted molar refractivity (Wildman–Crippen MR) is 62.0 cm³/mol. The van der Waals surface area contributed by atoms with Gasteiger partial charge in [0.1, 0.15) is 5.54 Å². The lowest BCUT2D eigenvalue weighted by atomic mass is 9.99. The highest BCUT2D eigenvalue weighted by atomic mass is 32.2. The van der Waals surface area contributed by atoms with Gasteiger partial charge in [-0.3, -0.25) is 4.79 Å². The molecule has 0 spiro atoms. The van der Waals surface area contributed by atoms with Crippen molar-refractivity contribution >= 4 is 16.2 Å². The molecule has 0 radical (unpaired) electrons. The number of nitrogens with one attached hydrogen (secondary N) is 1. The van der Waals surface area contributed by atoms with Crippen LogP contribution < -0.4 is 4.72 Å². The minimum atomic E-state index is -4.61. The number of carboxylic acid groups (broad SMARTS) is 1. The maximum absolute atomic E-state index is 12.7. The Morgan fingerprint density at radius 1 is 1.25 bits per heavy atom. The molecule has 116 valence electrons. The van der Waals surface area contributed by atoms with Crippen LogP contribution in [0.5, 0.6) is 0 Å². The fourth-order valence-corrected chi connectivity index (χ4v) is 3.86. The number of alkyl halides is 3. The molecule has 1 aliphatic heterocycles. The van der Waals surface area contributed by atoms with Crippen molar-refractivity contribution in [2.24, 2.45) is 5.92 Å². The standard InChI is InChI=1S/C10H15F3N2O4S/c11-10(12,13)9(3-4-9)14-20(18,19)15-5-1-7(2-6-15)8(16)17/h7,14H,1-6H2,(H,16,17). The molecule has 6 nitrogen and oxygen atoms in total. The van der Waals surface area contributed by atoms with Crippen molar-refractivity contribution < 1.29 is 31.5 Å². The lowest BCUT2D eigenvalue weighted by Gasteiger charge is -2.31. The van der Waals surface area contributed by atoms with Crippen LogP contribution in [-0.4, -0.2) is 48.6 Å². The minimum Gasteiger partial charge on any atom is -0.481 e. The molecule has 20 heavy (non-hydrogen) atoms. The molecule has 0 unspecified atom stereocenters. The van der Waals surface area contributed by atoms with Crippen molar-refractivity contribution in [1.82, 2.24) is 9.03 Å². The first kappa shape index (κ1) is 15.5. The average molecular weight is 316 g/mol. The zero-order valence-electron chi connectivity index (χ0n) is 10.5. The molecule has 2 aliphatic rings. The predicted octanol–water partition coefficient (Wildman–Crippen LogP) is 0.712. The van der Waals surface area contributed by atoms with Gasteiger partial charge in [0, 0.05) is 13.1 Å². The summed E-state index contributed by atoms with van der Waals surface area (Å²) in [6.07, 6.45) is -4.92. The summed E-state index contributed by atoms with van der Waals surface area (Å²) in [7, 11) is -4.24. The average Bonchev–Trinajstić information content (AvgIpc) is 3.09. The van der Waals surface area contributed by atoms with Crippen LogP contribution in [0.25, 0.3) is 0 Å². The van der Waals surface area contributed by atoms with Crippen molar-refractivity contribution in [1.29, 1.82) is 0 Å². The van der Waals surface area contributed by atoms with E-state index in [0.717, 1.165) is 4.31 Å². The van der Waals surface area contributed by atoms with Crippen LogP contribution in [0.1, 0.15) is 25.7 Å². The maximum Gasteiger partial charge on any atom is 0.407 e. The molecule has 1 saturated heterocycles. The molecule has 10 heteroatoms. The Kier molecular flexibility index (Phi) is 3.76. The molecule has 2 N–H and O–H groups in total. The lowest BCUT2D eigenvalue weighted by molar-refractivity contribution is -0.161. The Bertz CT molecular complexity index is 493. The Morgan fingerprint density at radius 2 is 1.75 bits per heavy atom. The summed E-state index contributed by atoms with van der Waals surface area (Å²) in [5.41, 5.74) is -2.34. The number of halogens is 3. The summed E-state index contributed by atoms with van der Waals surface area (Å²) >= 11 is 0. The van der Waals surface area contributed by atoms with Gasteiger partial charge in [0.2, 0.25) is 0 Å². The second kappa shape index (κ2) is 4.85. The third-order valence-corrected chi connectivity index (χ3v) is 5.45. The Morgan fingerprint density at radius 3 is 2.10 bits per heavy atom. The fourth-order valence-electron chi connectivity index (χ4n) is 2.22. The second-order valence-corrected chi connectivity index (χ2v) is 6.87. The van der Waals surface area contributed by atoms with Gasteiger partial charge in [-0.15, -0.1) is 0 Å². The molecule has 1 saturated carbocycles. The molecule has 0 atom stereocenters. The second-order valence-electron chi connectivity index (χ2n) is 5.20. The van der Waals surface area contributed by atoms with Crippen LogP contribution in [0, 0.1) is 5.92 Å². The highest BCUT2D eigenvalue weighted by Gasteiger charge is 2.65. The summed E-state index contributed by atoms with van der Waals surface area (Å²) in [6.45, 7) is -0.166. The van der Waals surface area contributed by atoms with Gasteiger partial charge in [-0.05, 0) is 25.7 Å². The molecule has 1 aliphatic carbocycles. The number of rotatable bonds is 4. The molecule has 0 bridgehead atoms. The molecule has 0 aromatic carbocycles. The van der Waals surface area contributed by atoms with E-state index in [4.69, 9.17) is 5.11 Å². The van der Waals surface area contributed by atoms with Crippen LogP contribution in [0.15, 0.2) is 0 Å². The van der Waals surface area contributed by atoms with E-state index in [-0.39, 0.29) is 38.8 Å². The van der Waals surface area contributed by atoms with E-state index in [9.17, 15) is 26.4 Å². The Balaban J connectivity index is 2.01. The van der Waals surface area contributed by atoms with E-state index in [1.54, 1.807) is 4.72 Å². The van der Waals surface area contributed by atoms with Crippen LogP contribution in [0.4, 0.5) is 13.2 Å². The summed E-state index contributed by atoms with van der Waals surface area (Å²) in [5.74, 6) is -1.65. The quantitative estimate of drug-likeness (QED) is 0.800. The van der Waals surface area contributed by atoms with Crippen LogP contribution in [0.2, 0.25) is 0 Å². The first-order valence-corrected chi connectivity index (χ1v) is 7.60. The number of nitrogens with zero attached hydrogens (tertiary/aromatic N) is 1. The van der Waals surface area contributed by atoms with Gasteiger partial charge < -0.3 is 5.11 Å². The number of hydrogen-bond donors (Lipinski definition) is 2. The van der Waals surface area contributed by atoms with E-state index in [1.165, 1.54) is 0 Å². The Hall–Kier alpha value is -0.870. The van der Waals surface area contributed by atoms with Gasteiger partial charge in [0.25, 0.3) is 10.2 Å².